The van der Waals surface area contributed by atoms with Crippen molar-refractivity contribution in [1.29, 1.82) is 0 Å². The van der Waals surface area contributed by atoms with E-state index in [1.165, 1.54) is 0 Å². The van der Waals surface area contributed by atoms with E-state index in [1.807, 2.05) is 22.9 Å². The number of nitrogens with one attached hydrogen (secondary N) is 1. The van der Waals surface area contributed by atoms with E-state index < -0.39 is 6.10 Å². The molecule has 0 amide bonds. The Morgan fingerprint density at radius 1 is 1.53 bits per heavy atom. The molecule has 2 aromatic rings. The minimum Gasteiger partial charge on any atom is -0.387 e. The molecule has 0 spiro atoms. The molecule has 17 heavy (non-hydrogen) atoms. The van der Waals surface area contributed by atoms with E-state index in [0.717, 1.165) is 11.3 Å². The Bertz CT molecular complexity index is 485. The van der Waals surface area contributed by atoms with Crippen LogP contribution >= 0.6 is 11.6 Å². The van der Waals surface area contributed by atoms with Crippen LogP contribution < -0.4 is 5.32 Å². The molecule has 1 aromatic heterocycles. The summed E-state index contributed by atoms with van der Waals surface area (Å²) in [6.07, 6.45) is 4.66. The highest BCUT2D eigenvalue weighted by molar-refractivity contribution is 6.32. The summed E-state index contributed by atoms with van der Waals surface area (Å²) in [6.45, 7) is 0.501. The van der Waals surface area contributed by atoms with Crippen molar-refractivity contribution in [3.05, 3.63) is 47.5 Å². The van der Waals surface area contributed by atoms with E-state index >= 15 is 0 Å². The summed E-state index contributed by atoms with van der Waals surface area (Å²) in [5.74, 6) is 0. The van der Waals surface area contributed by atoms with Crippen LogP contribution in [-0.4, -0.2) is 28.3 Å². The van der Waals surface area contributed by atoms with Crippen LogP contribution in [0.2, 0.25) is 5.02 Å². The molecule has 90 valence electrons. The standard InChI is InChI=1S/C12H14ClN3O/c1-14-7-12(17)9-2-3-11(10(13)6-9)16-5-4-15-8-16/h2-6,8,12,14,17H,7H2,1H3. The fraction of sp³-hybridized carbons (Fsp3) is 0.250. The highest BCUT2D eigenvalue weighted by Gasteiger charge is 2.09. The van der Waals surface area contributed by atoms with Crippen molar-refractivity contribution < 1.29 is 5.11 Å². The van der Waals surface area contributed by atoms with Gasteiger partial charge in [-0.15, -0.1) is 0 Å². The molecule has 0 aliphatic carbocycles. The molecule has 1 heterocycles. The molecule has 2 rings (SSSR count). The van der Waals surface area contributed by atoms with Crippen LogP contribution in [0.4, 0.5) is 0 Å². The summed E-state index contributed by atoms with van der Waals surface area (Å²) in [5.41, 5.74) is 1.65. The zero-order valence-corrected chi connectivity index (χ0v) is 10.2. The number of imidazole rings is 1. The minimum atomic E-state index is -0.547. The Morgan fingerprint density at radius 3 is 2.94 bits per heavy atom. The number of aliphatic hydroxyl groups excluding tert-OH is 1. The maximum atomic E-state index is 9.83. The van der Waals surface area contributed by atoms with Gasteiger partial charge in [-0.3, -0.25) is 0 Å². The van der Waals surface area contributed by atoms with Gasteiger partial charge in [0.05, 0.1) is 23.1 Å². The largest absolute Gasteiger partial charge is 0.387 e. The summed E-state index contributed by atoms with van der Waals surface area (Å²) in [7, 11) is 1.80. The monoisotopic (exact) mass is 251 g/mol. The Hall–Kier alpha value is -1.36. The summed E-state index contributed by atoms with van der Waals surface area (Å²) < 4.78 is 1.83. The smallest absolute Gasteiger partial charge is 0.0992 e. The summed E-state index contributed by atoms with van der Waals surface area (Å²) in [4.78, 5) is 3.97. The van der Waals surface area contributed by atoms with Gasteiger partial charge >= 0.3 is 0 Å². The van der Waals surface area contributed by atoms with Gasteiger partial charge in [-0.2, -0.15) is 0 Å². The quantitative estimate of drug-likeness (QED) is 0.871. The van der Waals surface area contributed by atoms with Crippen molar-refractivity contribution in [1.82, 2.24) is 14.9 Å². The van der Waals surface area contributed by atoms with Gasteiger partial charge in [0.25, 0.3) is 0 Å². The zero-order chi connectivity index (χ0) is 12.3. The van der Waals surface area contributed by atoms with E-state index in [-0.39, 0.29) is 0 Å². The number of likely N-dealkylation sites (N-methyl/N-ethyl adjacent to an activating group) is 1. The fourth-order valence-corrected chi connectivity index (χ4v) is 1.94. The van der Waals surface area contributed by atoms with Crippen molar-refractivity contribution in [2.24, 2.45) is 0 Å². The van der Waals surface area contributed by atoms with E-state index in [2.05, 4.69) is 10.3 Å². The zero-order valence-electron chi connectivity index (χ0n) is 9.47. The normalized spacial score (nSPS) is 12.6. The second kappa shape index (κ2) is 5.31. The summed E-state index contributed by atoms with van der Waals surface area (Å²) >= 11 is 6.18. The lowest BCUT2D eigenvalue weighted by Crippen LogP contribution is -2.16. The van der Waals surface area contributed by atoms with Crippen molar-refractivity contribution in [3.8, 4) is 5.69 Å². The number of nitrogens with zero attached hydrogens (tertiary/aromatic N) is 2. The Morgan fingerprint density at radius 2 is 2.35 bits per heavy atom. The van der Waals surface area contributed by atoms with Gasteiger partial charge in [-0.1, -0.05) is 17.7 Å². The van der Waals surface area contributed by atoms with E-state index in [9.17, 15) is 5.11 Å². The van der Waals surface area contributed by atoms with Gasteiger partial charge in [0.1, 0.15) is 0 Å². The van der Waals surface area contributed by atoms with Crippen LogP contribution in [0.25, 0.3) is 5.69 Å². The third kappa shape index (κ3) is 2.66. The van der Waals surface area contributed by atoms with Crippen LogP contribution in [0.15, 0.2) is 36.9 Å². The maximum Gasteiger partial charge on any atom is 0.0992 e. The van der Waals surface area contributed by atoms with Crippen molar-refractivity contribution in [2.45, 2.75) is 6.10 Å². The van der Waals surface area contributed by atoms with Crippen LogP contribution in [0.1, 0.15) is 11.7 Å². The Balaban J connectivity index is 2.29. The molecule has 0 saturated heterocycles. The molecule has 2 N–H and O–H groups in total. The molecule has 1 atom stereocenters. The number of rotatable bonds is 4. The predicted octanol–water partition coefficient (Wildman–Crippen LogP) is 1.78. The topological polar surface area (TPSA) is 50.1 Å². The summed E-state index contributed by atoms with van der Waals surface area (Å²) in [5, 5.41) is 13.3. The van der Waals surface area contributed by atoms with Crippen molar-refractivity contribution in [3.63, 3.8) is 0 Å². The second-order valence-corrected chi connectivity index (χ2v) is 4.16. The molecule has 5 heteroatoms. The highest BCUT2D eigenvalue weighted by atomic mass is 35.5. The molecular weight excluding hydrogens is 238 g/mol. The van der Waals surface area contributed by atoms with E-state index in [0.29, 0.717) is 11.6 Å². The molecule has 1 unspecified atom stereocenters. The van der Waals surface area contributed by atoms with Crippen LogP contribution in [0.5, 0.6) is 0 Å². The first-order valence-corrected chi connectivity index (χ1v) is 5.70. The number of halogens is 1. The van der Waals surface area contributed by atoms with Gasteiger partial charge in [-0.05, 0) is 24.7 Å². The molecule has 0 aliphatic heterocycles. The lowest BCUT2D eigenvalue weighted by atomic mass is 10.1. The molecule has 0 bridgehead atoms. The minimum absolute atomic E-state index is 0.501. The van der Waals surface area contributed by atoms with Gasteiger partial charge in [0, 0.05) is 18.9 Å². The lowest BCUT2D eigenvalue weighted by molar-refractivity contribution is 0.178. The van der Waals surface area contributed by atoms with Crippen LogP contribution in [0, 0.1) is 0 Å². The van der Waals surface area contributed by atoms with Gasteiger partial charge in [0.2, 0.25) is 0 Å². The van der Waals surface area contributed by atoms with Gasteiger partial charge < -0.3 is 15.0 Å². The average molecular weight is 252 g/mol. The second-order valence-electron chi connectivity index (χ2n) is 3.75. The Labute approximate surface area is 105 Å². The van der Waals surface area contributed by atoms with E-state index in [1.54, 1.807) is 25.6 Å². The number of aliphatic hydroxyl groups is 1. The third-order valence-corrected chi connectivity index (χ3v) is 2.84. The molecule has 0 aliphatic rings. The molecule has 0 radical (unpaired) electrons. The molecule has 0 saturated carbocycles. The fourth-order valence-electron chi connectivity index (χ4n) is 1.65. The predicted molar refractivity (Wildman–Crippen MR) is 67.5 cm³/mol. The lowest BCUT2D eigenvalue weighted by Gasteiger charge is -2.12. The van der Waals surface area contributed by atoms with Crippen LogP contribution in [0.3, 0.4) is 0 Å². The summed E-state index contributed by atoms with van der Waals surface area (Å²) in [6, 6.07) is 5.51. The Kier molecular flexibility index (Phi) is 3.78. The SMILES string of the molecule is CNCC(O)c1ccc(-n2ccnc2)c(Cl)c1. The number of hydrogen-bond acceptors (Lipinski definition) is 3. The average Bonchev–Trinajstić information content (AvgIpc) is 2.82. The highest BCUT2D eigenvalue weighted by Crippen LogP contribution is 2.24. The number of aromatic nitrogens is 2. The first-order valence-electron chi connectivity index (χ1n) is 5.33. The molecular formula is C12H14ClN3O. The third-order valence-electron chi connectivity index (χ3n) is 2.54. The maximum absolute atomic E-state index is 9.83. The first kappa shape index (κ1) is 12.1. The van der Waals surface area contributed by atoms with E-state index in [4.69, 9.17) is 11.6 Å². The molecule has 1 aromatic carbocycles. The molecule has 0 fully saturated rings. The number of hydrogen-bond donors (Lipinski definition) is 2. The van der Waals surface area contributed by atoms with Crippen molar-refractivity contribution in [2.75, 3.05) is 13.6 Å². The van der Waals surface area contributed by atoms with Gasteiger partial charge in [0.15, 0.2) is 0 Å². The first-order chi connectivity index (χ1) is 8.22. The van der Waals surface area contributed by atoms with Gasteiger partial charge in [-0.25, -0.2) is 4.98 Å². The van der Waals surface area contributed by atoms with Crippen molar-refractivity contribution >= 4 is 11.6 Å². The molecule has 4 nitrogen and oxygen atoms in total. The number of benzene rings is 1. The van der Waals surface area contributed by atoms with Crippen LogP contribution in [-0.2, 0) is 0 Å².